The van der Waals surface area contributed by atoms with Crippen LogP contribution in [-0.2, 0) is 6.42 Å². The minimum absolute atomic E-state index is 0.409. The van der Waals surface area contributed by atoms with Crippen molar-refractivity contribution in [3.63, 3.8) is 0 Å². The minimum Gasteiger partial charge on any atom is -0.481 e. The van der Waals surface area contributed by atoms with Gasteiger partial charge in [0.2, 0.25) is 0 Å². The average molecular weight is 324 g/mol. The molecule has 0 saturated carbocycles. The van der Waals surface area contributed by atoms with Crippen molar-refractivity contribution in [2.45, 2.75) is 19.0 Å². The Labute approximate surface area is 132 Å². The molecule has 122 valence electrons. The van der Waals surface area contributed by atoms with Crippen LogP contribution in [0.5, 0.6) is 5.75 Å². The van der Waals surface area contributed by atoms with Crippen LogP contribution in [0.4, 0.5) is 17.6 Å². The second kappa shape index (κ2) is 7.31. The van der Waals surface area contributed by atoms with Gasteiger partial charge < -0.3 is 4.74 Å². The lowest BCUT2D eigenvalue weighted by Gasteiger charge is -2.11. The molecule has 0 N–H and O–H groups in total. The van der Waals surface area contributed by atoms with Crippen molar-refractivity contribution in [2.75, 3.05) is 6.61 Å². The van der Waals surface area contributed by atoms with Gasteiger partial charge in [-0.1, -0.05) is 36.4 Å². The third kappa shape index (κ3) is 5.13. The fraction of sp³-hybridized carbons (Fsp3) is 0.222. The molecule has 0 aliphatic carbocycles. The molecule has 0 fully saturated rings. The molecule has 0 radical (unpaired) electrons. The van der Waals surface area contributed by atoms with Crippen molar-refractivity contribution in [2.24, 2.45) is 0 Å². The first-order chi connectivity index (χ1) is 10.9. The number of alkyl halides is 3. The van der Waals surface area contributed by atoms with Gasteiger partial charge in [-0.05, 0) is 41.7 Å². The van der Waals surface area contributed by atoms with E-state index in [2.05, 4.69) is 11.3 Å². The number of hydrogen-bond acceptors (Lipinski definition) is 1. The third-order valence-electron chi connectivity index (χ3n) is 3.25. The van der Waals surface area contributed by atoms with Gasteiger partial charge in [0.25, 0.3) is 0 Å². The van der Waals surface area contributed by atoms with Crippen molar-refractivity contribution >= 4 is 0 Å². The van der Waals surface area contributed by atoms with E-state index in [4.69, 9.17) is 0 Å². The van der Waals surface area contributed by atoms with E-state index in [1.54, 1.807) is 0 Å². The van der Waals surface area contributed by atoms with Gasteiger partial charge in [0.1, 0.15) is 0 Å². The van der Waals surface area contributed by atoms with Gasteiger partial charge in [0.05, 0.1) is 0 Å². The number of rotatable bonds is 6. The quantitative estimate of drug-likeness (QED) is 0.500. The second-order valence-electron chi connectivity index (χ2n) is 5.07. The molecule has 0 aliphatic rings. The summed E-state index contributed by atoms with van der Waals surface area (Å²) in [7, 11) is 0. The van der Waals surface area contributed by atoms with Gasteiger partial charge >= 0.3 is 6.18 Å². The first-order valence-corrected chi connectivity index (χ1v) is 7.08. The molecule has 0 unspecified atom stereocenters. The summed E-state index contributed by atoms with van der Waals surface area (Å²) in [5.74, 6) is -1.23. The first kappa shape index (κ1) is 17.1. The van der Waals surface area contributed by atoms with Crippen LogP contribution in [0.1, 0.15) is 12.0 Å². The van der Waals surface area contributed by atoms with E-state index in [1.807, 2.05) is 30.3 Å². The van der Waals surface area contributed by atoms with E-state index >= 15 is 0 Å². The second-order valence-corrected chi connectivity index (χ2v) is 5.07. The summed E-state index contributed by atoms with van der Waals surface area (Å²) in [5, 5.41) is 0. The molecular weight excluding hydrogens is 308 g/mol. The van der Waals surface area contributed by atoms with Crippen molar-refractivity contribution < 1.29 is 22.3 Å². The molecule has 0 spiro atoms. The van der Waals surface area contributed by atoms with Crippen LogP contribution in [0.2, 0.25) is 0 Å². The number of allylic oxidation sites excluding steroid dienone is 1. The normalized spacial score (nSPS) is 11.3. The fourth-order valence-corrected chi connectivity index (χ4v) is 2.09. The Morgan fingerprint density at radius 1 is 1.00 bits per heavy atom. The molecule has 0 bridgehead atoms. The smallest absolute Gasteiger partial charge is 0.422 e. The van der Waals surface area contributed by atoms with Gasteiger partial charge in [-0.15, -0.1) is 6.58 Å². The van der Waals surface area contributed by atoms with E-state index in [1.165, 1.54) is 18.2 Å². The molecule has 2 aromatic rings. The minimum atomic E-state index is -4.49. The standard InChI is InChI=1S/C18H16F4O/c1-2-3-4-13-5-7-14(8-6-13)15-9-10-17(16(19)11-15)23-12-18(20,21)22/h2,5-11H,1,3-4,12H2. The van der Waals surface area contributed by atoms with Crippen LogP contribution in [0.15, 0.2) is 55.1 Å². The van der Waals surface area contributed by atoms with E-state index in [9.17, 15) is 17.6 Å². The Kier molecular flexibility index (Phi) is 5.42. The van der Waals surface area contributed by atoms with Crippen LogP contribution in [0, 0.1) is 5.82 Å². The third-order valence-corrected chi connectivity index (χ3v) is 3.25. The lowest BCUT2D eigenvalue weighted by atomic mass is 10.0. The van der Waals surface area contributed by atoms with E-state index < -0.39 is 24.3 Å². The molecular formula is C18H16F4O. The van der Waals surface area contributed by atoms with Gasteiger partial charge in [-0.25, -0.2) is 4.39 Å². The van der Waals surface area contributed by atoms with Crippen LogP contribution in [0.3, 0.4) is 0 Å². The highest BCUT2D eigenvalue weighted by atomic mass is 19.4. The molecule has 0 aromatic heterocycles. The molecule has 2 rings (SSSR count). The molecule has 0 atom stereocenters. The van der Waals surface area contributed by atoms with Gasteiger partial charge in [-0.3, -0.25) is 0 Å². The van der Waals surface area contributed by atoms with Gasteiger partial charge in [0.15, 0.2) is 18.2 Å². The van der Waals surface area contributed by atoms with Gasteiger partial charge in [0, 0.05) is 0 Å². The maximum atomic E-state index is 13.9. The molecule has 2 aromatic carbocycles. The largest absolute Gasteiger partial charge is 0.481 e. The van der Waals surface area contributed by atoms with Crippen LogP contribution in [0.25, 0.3) is 11.1 Å². The first-order valence-electron chi connectivity index (χ1n) is 7.08. The highest BCUT2D eigenvalue weighted by molar-refractivity contribution is 5.64. The highest BCUT2D eigenvalue weighted by Crippen LogP contribution is 2.27. The van der Waals surface area contributed by atoms with Crippen molar-refractivity contribution in [3.8, 4) is 16.9 Å². The molecule has 0 saturated heterocycles. The average Bonchev–Trinajstić information content (AvgIpc) is 2.51. The molecule has 0 heterocycles. The summed E-state index contributed by atoms with van der Waals surface area (Å²) in [6, 6.07) is 11.5. The predicted octanol–water partition coefficient (Wildman–Crippen LogP) is 5.55. The summed E-state index contributed by atoms with van der Waals surface area (Å²) in [5.41, 5.74) is 2.50. The van der Waals surface area contributed by atoms with E-state index in [0.717, 1.165) is 24.0 Å². The van der Waals surface area contributed by atoms with Crippen molar-refractivity contribution in [1.29, 1.82) is 0 Å². The van der Waals surface area contributed by atoms with Crippen molar-refractivity contribution in [1.82, 2.24) is 0 Å². The summed E-state index contributed by atoms with van der Waals surface area (Å²) < 4.78 is 54.6. The zero-order valence-corrected chi connectivity index (χ0v) is 12.4. The summed E-state index contributed by atoms with van der Waals surface area (Å²) in [6.45, 7) is 2.15. The summed E-state index contributed by atoms with van der Waals surface area (Å²) in [4.78, 5) is 0. The number of hydrogen-bond donors (Lipinski definition) is 0. The maximum Gasteiger partial charge on any atom is 0.422 e. The zero-order valence-electron chi connectivity index (χ0n) is 12.4. The maximum absolute atomic E-state index is 13.9. The SMILES string of the molecule is C=CCCc1ccc(-c2ccc(OCC(F)(F)F)c(F)c2)cc1. The lowest BCUT2D eigenvalue weighted by Crippen LogP contribution is -2.19. The molecule has 0 aliphatic heterocycles. The Morgan fingerprint density at radius 2 is 1.65 bits per heavy atom. The Bertz CT molecular complexity index is 660. The number of aryl methyl sites for hydroxylation is 1. The summed E-state index contributed by atoms with van der Waals surface area (Å²) >= 11 is 0. The Hall–Kier alpha value is -2.30. The van der Waals surface area contributed by atoms with Crippen LogP contribution >= 0.6 is 0 Å². The number of benzene rings is 2. The predicted molar refractivity (Wildman–Crippen MR) is 81.9 cm³/mol. The van der Waals surface area contributed by atoms with E-state index in [-0.39, 0.29) is 0 Å². The van der Waals surface area contributed by atoms with Crippen molar-refractivity contribution in [3.05, 3.63) is 66.5 Å². The van der Waals surface area contributed by atoms with Crippen LogP contribution in [-0.4, -0.2) is 12.8 Å². The highest BCUT2D eigenvalue weighted by Gasteiger charge is 2.28. The Morgan fingerprint density at radius 3 is 2.22 bits per heavy atom. The van der Waals surface area contributed by atoms with Crippen LogP contribution < -0.4 is 4.74 Å². The van der Waals surface area contributed by atoms with E-state index in [0.29, 0.717) is 5.56 Å². The lowest BCUT2D eigenvalue weighted by molar-refractivity contribution is -0.153. The summed E-state index contributed by atoms with van der Waals surface area (Å²) in [6.07, 6.45) is -0.906. The fourth-order valence-electron chi connectivity index (χ4n) is 2.09. The number of halogens is 4. The molecule has 23 heavy (non-hydrogen) atoms. The molecule has 1 nitrogen and oxygen atoms in total. The molecule has 0 amide bonds. The Balaban J connectivity index is 2.11. The van der Waals surface area contributed by atoms with Gasteiger partial charge in [-0.2, -0.15) is 13.2 Å². The number of ether oxygens (including phenoxy) is 1. The topological polar surface area (TPSA) is 9.23 Å². The molecule has 5 heteroatoms. The monoisotopic (exact) mass is 324 g/mol. The zero-order chi connectivity index (χ0) is 16.9.